The molecule has 0 aromatic heterocycles. The van der Waals surface area contributed by atoms with Crippen LogP contribution in [-0.4, -0.2) is 58.0 Å². The van der Waals surface area contributed by atoms with E-state index in [9.17, 15) is 9.59 Å². The Morgan fingerprint density at radius 1 is 0.942 bits per heavy atom. The molecule has 1 aromatic rings. The summed E-state index contributed by atoms with van der Waals surface area (Å²) in [5.41, 5.74) is 13.1. The maximum atomic E-state index is 13.0. The first-order valence-corrected chi connectivity index (χ1v) is 19.8. The minimum atomic E-state index is -0.618. The van der Waals surface area contributed by atoms with Crippen molar-refractivity contribution < 1.29 is 33.3 Å². The summed E-state index contributed by atoms with van der Waals surface area (Å²) < 4.78 is 28.1. The highest BCUT2D eigenvalue weighted by atomic mass is 16.6. The highest BCUT2D eigenvalue weighted by Gasteiger charge is 2.59. The van der Waals surface area contributed by atoms with Crippen molar-refractivity contribution in [3.63, 3.8) is 0 Å². The topological polar surface area (TPSA) is 145 Å². The number of carbonyl (C=O) groups is 2. The van der Waals surface area contributed by atoms with Crippen LogP contribution in [0.1, 0.15) is 122 Å². The highest BCUT2D eigenvalue weighted by molar-refractivity contribution is 5.91. The van der Waals surface area contributed by atoms with Gasteiger partial charge in [-0.15, -0.1) is 0 Å². The molecule has 10 nitrogen and oxygen atoms in total. The normalized spacial score (nSPS) is 29.9. The van der Waals surface area contributed by atoms with Crippen molar-refractivity contribution in [2.24, 2.45) is 62.8 Å². The van der Waals surface area contributed by atoms with Crippen molar-refractivity contribution >= 4 is 17.9 Å². The summed E-state index contributed by atoms with van der Waals surface area (Å²) in [4.78, 5) is 29.4. The zero-order valence-electron chi connectivity index (χ0n) is 32.8. The largest absolute Gasteiger partial charge is 0.493 e. The van der Waals surface area contributed by atoms with E-state index in [2.05, 4.69) is 45.7 Å². The van der Waals surface area contributed by atoms with Gasteiger partial charge < -0.3 is 35.2 Å². The van der Waals surface area contributed by atoms with Gasteiger partial charge in [0.05, 0.1) is 45.5 Å². The Morgan fingerprint density at radius 2 is 1.67 bits per heavy atom. The molecule has 4 aliphatic rings. The molecule has 1 aromatic carbocycles. The number of rotatable bonds is 16. The maximum Gasteiger partial charge on any atom is 0.338 e. The summed E-state index contributed by atoms with van der Waals surface area (Å²) in [6, 6.07) is 2.89. The number of nitrogens with zero attached hydrogens (tertiary/aromatic N) is 1. The number of hydrogen-bond donors (Lipinski definition) is 2. The SMILES string of the molecule is COc1cc(C(=O)OCCN=C(N)N)cc(OC)c1OC(=O)CCO[C@H]1CC[C@@]2(C)C(=CC[C@@H]3C2CC[C@]2(C)[C@@H]([C@H](C)CCCC(C)C)CC[C@@H]32)C1. The van der Waals surface area contributed by atoms with Crippen molar-refractivity contribution in [3.05, 3.63) is 29.3 Å². The molecule has 4 aliphatic carbocycles. The van der Waals surface area contributed by atoms with Gasteiger partial charge in [0.25, 0.3) is 0 Å². The van der Waals surface area contributed by atoms with E-state index in [0.29, 0.717) is 5.41 Å². The van der Waals surface area contributed by atoms with Crippen LogP contribution >= 0.6 is 0 Å². The number of ether oxygens (including phenoxy) is 5. The van der Waals surface area contributed by atoms with E-state index in [-0.39, 0.29) is 66.5 Å². The first kappa shape index (κ1) is 39.9. The number of fused-ring (bicyclic) bond motifs is 5. The minimum Gasteiger partial charge on any atom is -0.493 e. The third-order valence-corrected chi connectivity index (χ3v) is 13.5. The van der Waals surface area contributed by atoms with Crippen LogP contribution in [0.15, 0.2) is 28.8 Å². The number of hydrogen-bond acceptors (Lipinski definition) is 8. The third kappa shape index (κ3) is 8.74. The van der Waals surface area contributed by atoms with Gasteiger partial charge >= 0.3 is 11.9 Å². The lowest BCUT2D eigenvalue weighted by Crippen LogP contribution is -2.51. The Balaban J connectivity index is 1.13. The predicted molar refractivity (Wildman–Crippen MR) is 204 cm³/mol. The number of guanidine groups is 1. The minimum absolute atomic E-state index is 0.00465. The highest BCUT2D eigenvalue weighted by Crippen LogP contribution is 2.67. The Labute approximate surface area is 311 Å². The average Bonchev–Trinajstić information content (AvgIpc) is 3.47. The molecule has 10 heteroatoms. The molecule has 0 heterocycles. The van der Waals surface area contributed by atoms with E-state index < -0.39 is 11.9 Å². The number of allylic oxidation sites excluding steroid dienone is 1. The fraction of sp³-hybridized carbons (Fsp3) is 0.738. The summed E-state index contributed by atoms with van der Waals surface area (Å²) in [5, 5.41) is 0. The second-order valence-corrected chi connectivity index (χ2v) is 16.9. The molecule has 0 amide bonds. The van der Waals surface area contributed by atoms with Gasteiger partial charge in [-0.1, -0.05) is 65.5 Å². The molecule has 0 bridgehead atoms. The van der Waals surface area contributed by atoms with E-state index in [1.165, 1.54) is 77.7 Å². The van der Waals surface area contributed by atoms with Crippen molar-refractivity contribution in [1.82, 2.24) is 0 Å². The summed E-state index contributed by atoms with van der Waals surface area (Å²) in [6.45, 7) is 12.9. The lowest BCUT2D eigenvalue weighted by molar-refractivity contribution is -0.136. The molecule has 1 unspecified atom stereocenters. The molecule has 0 radical (unpaired) electrons. The van der Waals surface area contributed by atoms with E-state index in [4.69, 9.17) is 35.2 Å². The summed E-state index contributed by atoms with van der Waals surface area (Å²) in [7, 11) is 2.85. The van der Waals surface area contributed by atoms with E-state index >= 15 is 0 Å². The van der Waals surface area contributed by atoms with Crippen molar-refractivity contribution in [2.45, 2.75) is 118 Å². The van der Waals surface area contributed by atoms with Gasteiger partial charge in [-0.05, 0) is 110 Å². The van der Waals surface area contributed by atoms with Gasteiger partial charge in [0, 0.05) is 0 Å². The molecular weight excluding hydrogens is 658 g/mol. The number of carbonyl (C=O) groups excluding carboxylic acids is 2. The number of aliphatic imine (C=N–C) groups is 1. The van der Waals surface area contributed by atoms with Gasteiger partial charge in [-0.25, -0.2) is 4.79 Å². The standard InChI is InChI=1S/C42H65N3O7/c1-26(2)9-8-10-27(3)32-13-14-33-31-12-11-29-25-30(15-18-41(29,4)34(31)16-19-42(32,33)5)50-21-17-37(46)52-38-35(48-6)23-28(24-36(38)49-7)39(47)51-22-20-45-40(43)44/h11,23-24,26-27,30-34H,8-10,12-22,25H2,1-7H3,(H4,43,44,45)/t27-,30+,31+,32-,33+,34?,41+,42-/m1/s1. The molecule has 3 fully saturated rings. The Bertz CT molecular complexity index is 1450. The second kappa shape index (κ2) is 17.3. The van der Waals surface area contributed by atoms with Gasteiger partial charge in [-0.3, -0.25) is 9.79 Å². The molecule has 52 heavy (non-hydrogen) atoms. The molecule has 8 atom stereocenters. The van der Waals surface area contributed by atoms with Crippen LogP contribution in [0, 0.1) is 46.3 Å². The molecule has 0 aliphatic heterocycles. The van der Waals surface area contributed by atoms with Crippen LogP contribution in [0.2, 0.25) is 0 Å². The summed E-state index contributed by atoms with van der Waals surface area (Å²) >= 11 is 0. The molecule has 0 spiro atoms. The summed E-state index contributed by atoms with van der Waals surface area (Å²) in [6.07, 6.45) is 16.8. The Kier molecular flexibility index (Phi) is 13.2. The van der Waals surface area contributed by atoms with Gasteiger partial charge in [-0.2, -0.15) is 0 Å². The Hall–Kier alpha value is -3.27. The number of methoxy groups -OCH3 is 2. The number of nitrogens with two attached hydrogens (primary N) is 2. The van der Waals surface area contributed by atoms with Gasteiger partial charge in [0.2, 0.25) is 5.75 Å². The second-order valence-electron chi connectivity index (χ2n) is 16.9. The molecule has 0 saturated heterocycles. The van der Waals surface area contributed by atoms with E-state index in [1.54, 1.807) is 5.57 Å². The molecule has 5 rings (SSSR count). The van der Waals surface area contributed by atoms with E-state index in [1.807, 2.05) is 0 Å². The van der Waals surface area contributed by atoms with Crippen LogP contribution < -0.4 is 25.7 Å². The van der Waals surface area contributed by atoms with Crippen LogP contribution in [0.3, 0.4) is 0 Å². The lowest BCUT2D eigenvalue weighted by Gasteiger charge is -2.58. The zero-order chi connectivity index (χ0) is 37.6. The number of benzene rings is 1. The van der Waals surface area contributed by atoms with Gasteiger partial charge in [0.1, 0.15) is 6.61 Å². The fourth-order valence-corrected chi connectivity index (χ4v) is 10.8. The zero-order valence-corrected chi connectivity index (χ0v) is 32.8. The van der Waals surface area contributed by atoms with Crippen LogP contribution in [0.25, 0.3) is 0 Å². The van der Waals surface area contributed by atoms with E-state index in [0.717, 1.165) is 54.8 Å². The quantitative estimate of drug-likeness (QED) is 0.0435. The lowest BCUT2D eigenvalue weighted by atomic mass is 9.47. The molecular formula is C42H65N3O7. The van der Waals surface area contributed by atoms with Crippen LogP contribution in [0.4, 0.5) is 0 Å². The molecule has 3 saturated carbocycles. The number of esters is 2. The first-order chi connectivity index (χ1) is 24.8. The van der Waals surface area contributed by atoms with Crippen molar-refractivity contribution in [1.29, 1.82) is 0 Å². The summed E-state index contributed by atoms with van der Waals surface area (Å²) in [5.74, 6) is 4.19. The van der Waals surface area contributed by atoms with Crippen molar-refractivity contribution in [2.75, 3.05) is 34.0 Å². The van der Waals surface area contributed by atoms with Crippen LogP contribution in [-0.2, 0) is 14.3 Å². The first-order valence-electron chi connectivity index (χ1n) is 19.8. The average molecular weight is 724 g/mol. The smallest absolute Gasteiger partial charge is 0.338 e. The molecule has 4 N–H and O–H groups in total. The fourth-order valence-electron chi connectivity index (χ4n) is 10.8. The maximum absolute atomic E-state index is 13.0. The van der Waals surface area contributed by atoms with Crippen molar-refractivity contribution in [3.8, 4) is 17.2 Å². The molecule has 290 valence electrons. The monoisotopic (exact) mass is 723 g/mol. The van der Waals surface area contributed by atoms with Gasteiger partial charge in [0.15, 0.2) is 17.5 Å². The third-order valence-electron chi connectivity index (χ3n) is 13.5. The predicted octanol–water partition coefficient (Wildman–Crippen LogP) is 7.86. The Morgan fingerprint density at radius 3 is 2.35 bits per heavy atom. The van der Waals surface area contributed by atoms with Crippen LogP contribution in [0.5, 0.6) is 17.2 Å².